The van der Waals surface area contributed by atoms with Crippen LogP contribution in [0, 0.1) is 5.92 Å². The van der Waals surface area contributed by atoms with Gasteiger partial charge in [-0.15, -0.1) is 0 Å². The Bertz CT molecular complexity index is 579. The van der Waals surface area contributed by atoms with Gasteiger partial charge >= 0.3 is 12.6 Å². The number of rotatable bonds is 6. The molecule has 23 heavy (non-hydrogen) atoms. The third kappa shape index (κ3) is 3.52. The van der Waals surface area contributed by atoms with Gasteiger partial charge in [-0.05, 0) is 36.8 Å². The van der Waals surface area contributed by atoms with Crippen LogP contribution in [0.2, 0.25) is 0 Å². The summed E-state index contributed by atoms with van der Waals surface area (Å²) in [5.74, 6) is 0.369. The number of aromatic nitrogens is 1. The number of ether oxygens (including phenoxy) is 2. The number of nitrogens with one attached hydrogen (secondary N) is 2. The standard InChI is InChI=1S/C15H19F2N3O3/c1-22-11-7-15(5-10(11)6-15)20-14(21)19-8-9-2-3-18-12(4-9)23-13(16)17/h2-4,10-11,13H,5-8H2,1H3,(H2,19,20,21). The van der Waals surface area contributed by atoms with Gasteiger partial charge in [0.1, 0.15) is 0 Å². The summed E-state index contributed by atoms with van der Waals surface area (Å²) < 4.78 is 33.9. The molecule has 2 amide bonds. The molecule has 6 nitrogen and oxygen atoms in total. The van der Waals surface area contributed by atoms with E-state index in [1.54, 1.807) is 13.2 Å². The van der Waals surface area contributed by atoms with E-state index in [1.807, 2.05) is 0 Å². The molecule has 0 spiro atoms. The van der Waals surface area contributed by atoms with Gasteiger partial charge < -0.3 is 20.1 Å². The topological polar surface area (TPSA) is 72.5 Å². The minimum absolute atomic E-state index is 0.155. The lowest BCUT2D eigenvalue weighted by Gasteiger charge is -2.38. The second-order valence-electron chi connectivity index (χ2n) is 6.12. The summed E-state index contributed by atoms with van der Waals surface area (Å²) in [6, 6.07) is 2.74. The smallest absolute Gasteiger partial charge is 0.388 e. The lowest BCUT2D eigenvalue weighted by molar-refractivity contribution is -0.0529. The molecule has 3 saturated carbocycles. The maximum absolute atomic E-state index is 12.1. The molecule has 0 aromatic carbocycles. The average molecular weight is 327 g/mol. The Morgan fingerprint density at radius 3 is 2.91 bits per heavy atom. The molecule has 8 heteroatoms. The van der Waals surface area contributed by atoms with E-state index in [4.69, 9.17) is 4.74 Å². The van der Waals surface area contributed by atoms with Crippen molar-refractivity contribution in [2.24, 2.45) is 5.92 Å². The van der Waals surface area contributed by atoms with Gasteiger partial charge in [0.05, 0.1) is 6.10 Å². The Morgan fingerprint density at radius 2 is 2.26 bits per heavy atom. The second kappa shape index (κ2) is 6.27. The number of hydrogen-bond acceptors (Lipinski definition) is 4. The van der Waals surface area contributed by atoms with E-state index >= 15 is 0 Å². The summed E-state index contributed by atoms with van der Waals surface area (Å²) in [4.78, 5) is 15.7. The molecule has 2 bridgehead atoms. The molecule has 3 aliphatic carbocycles. The molecule has 0 saturated heterocycles. The largest absolute Gasteiger partial charge is 0.417 e. The minimum atomic E-state index is -2.92. The number of alkyl halides is 2. The molecule has 1 aromatic rings. The van der Waals surface area contributed by atoms with Crippen LogP contribution in [0.5, 0.6) is 5.88 Å². The van der Waals surface area contributed by atoms with Crippen LogP contribution in [0.1, 0.15) is 24.8 Å². The Balaban J connectivity index is 1.48. The number of methoxy groups -OCH3 is 1. The summed E-state index contributed by atoms with van der Waals surface area (Å²) in [5, 5.41) is 5.73. The number of fused-ring (bicyclic) bond motifs is 1. The molecule has 3 aliphatic rings. The van der Waals surface area contributed by atoms with Crippen LogP contribution in [-0.4, -0.2) is 36.4 Å². The molecule has 3 fully saturated rings. The van der Waals surface area contributed by atoms with Crippen LogP contribution in [0.3, 0.4) is 0 Å². The fourth-order valence-electron chi connectivity index (χ4n) is 3.54. The number of carbonyl (C=O) groups excluding carboxylic acids is 1. The van der Waals surface area contributed by atoms with Gasteiger partial charge in [0.25, 0.3) is 0 Å². The van der Waals surface area contributed by atoms with Gasteiger partial charge in [0, 0.05) is 31.5 Å². The highest BCUT2D eigenvalue weighted by atomic mass is 19.3. The number of pyridine rings is 1. The number of halogens is 2. The molecule has 1 aromatic heterocycles. The van der Waals surface area contributed by atoms with E-state index in [9.17, 15) is 13.6 Å². The normalized spacial score (nSPS) is 28.3. The van der Waals surface area contributed by atoms with Gasteiger partial charge in [-0.25, -0.2) is 9.78 Å². The van der Waals surface area contributed by atoms with E-state index in [2.05, 4.69) is 20.4 Å². The average Bonchev–Trinajstić information content (AvgIpc) is 2.99. The third-order valence-corrected chi connectivity index (χ3v) is 4.57. The fourth-order valence-corrected chi connectivity index (χ4v) is 3.54. The number of nitrogens with zero attached hydrogens (tertiary/aromatic N) is 1. The number of amides is 2. The second-order valence-corrected chi connectivity index (χ2v) is 6.12. The van der Waals surface area contributed by atoms with Crippen LogP contribution >= 0.6 is 0 Å². The molecular weight excluding hydrogens is 308 g/mol. The van der Waals surface area contributed by atoms with E-state index < -0.39 is 6.61 Å². The molecule has 1 unspecified atom stereocenters. The maximum atomic E-state index is 12.1. The van der Waals surface area contributed by atoms with Crippen LogP contribution in [0.15, 0.2) is 18.3 Å². The van der Waals surface area contributed by atoms with E-state index in [0.29, 0.717) is 11.5 Å². The van der Waals surface area contributed by atoms with Gasteiger partial charge in [-0.1, -0.05) is 0 Å². The first-order chi connectivity index (χ1) is 11.0. The first-order valence-corrected chi connectivity index (χ1v) is 7.48. The predicted octanol–water partition coefficient (Wildman–Crippen LogP) is 2.05. The summed E-state index contributed by atoms with van der Waals surface area (Å²) >= 11 is 0. The molecule has 4 rings (SSSR count). The zero-order valence-electron chi connectivity index (χ0n) is 12.7. The van der Waals surface area contributed by atoms with Gasteiger partial charge in [-0.2, -0.15) is 8.78 Å². The molecular formula is C15H19F2N3O3. The van der Waals surface area contributed by atoms with E-state index in [0.717, 1.165) is 19.3 Å². The first kappa shape index (κ1) is 15.9. The zero-order chi connectivity index (χ0) is 16.4. The minimum Gasteiger partial charge on any atom is -0.417 e. The number of carbonyl (C=O) groups is 1. The van der Waals surface area contributed by atoms with Crippen molar-refractivity contribution in [1.82, 2.24) is 15.6 Å². The Hall–Kier alpha value is -1.96. The molecule has 126 valence electrons. The molecule has 1 atom stereocenters. The summed E-state index contributed by atoms with van der Waals surface area (Å²) in [6.07, 6.45) is 4.32. The Morgan fingerprint density at radius 1 is 1.48 bits per heavy atom. The molecule has 2 N–H and O–H groups in total. The highest BCUT2D eigenvalue weighted by molar-refractivity contribution is 5.75. The van der Waals surface area contributed by atoms with Crippen molar-refractivity contribution in [2.45, 2.75) is 44.1 Å². The van der Waals surface area contributed by atoms with Crippen molar-refractivity contribution < 1.29 is 23.0 Å². The zero-order valence-corrected chi connectivity index (χ0v) is 12.7. The Kier molecular flexibility index (Phi) is 4.34. The first-order valence-electron chi connectivity index (χ1n) is 7.48. The van der Waals surface area contributed by atoms with Crippen molar-refractivity contribution in [3.8, 4) is 5.88 Å². The Labute approximate surface area is 132 Å². The van der Waals surface area contributed by atoms with E-state index in [1.165, 1.54) is 12.3 Å². The van der Waals surface area contributed by atoms with Crippen molar-refractivity contribution in [1.29, 1.82) is 0 Å². The lowest BCUT2D eigenvalue weighted by atomic mass is 9.77. The van der Waals surface area contributed by atoms with Crippen LogP contribution in [0.4, 0.5) is 13.6 Å². The quantitative estimate of drug-likeness (QED) is 0.839. The van der Waals surface area contributed by atoms with Crippen molar-refractivity contribution >= 4 is 6.03 Å². The molecule has 0 aliphatic heterocycles. The molecule has 0 radical (unpaired) electrons. The number of urea groups is 1. The van der Waals surface area contributed by atoms with Crippen LogP contribution in [-0.2, 0) is 11.3 Å². The van der Waals surface area contributed by atoms with Crippen LogP contribution in [0.25, 0.3) is 0 Å². The highest BCUT2D eigenvalue weighted by Gasteiger charge is 2.57. The predicted molar refractivity (Wildman–Crippen MR) is 77.1 cm³/mol. The summed E-state index contributed by atoms with van der Waals surface area (Å²) in [6.45, 7) is -2.71. The third-order valence-electron chi connectivity index (χ3n) is 4.57. The SMILES string of the molecule is COC1CC2(NC(=O)NCc3ccnc(OC(F)F)c3)CC1C2. The van der Waals surface area contributed by atoms with Gasteiger partial charge in [0.15, 0.2) is 0 Å². The number of hydrogen-bond donors (Lipinski definition) is 2. The fraction of sp³-hybridized carbons (Fsp3) is 0.600. The van der Waals surface area contributed by atoms with Crippen molar-refractivity contribution in [3.05, 3.63) is 23.9 Å². The van der Waals surface area contributed by atoms with Crippen molar-refractivity contribution in [2.75, 3.05) is 7.11 Å². The lowest BCUT2D eigenvalue weighted by Crippen LogP contribution is -2.54. The van der Waals surface area contributed by atoms with Crippen LogP contribution < -0.4 is 15.4 Å². The van der Waals surface area contributed by atoms with Gasteiger partial charge in [-0.3, -0.25) is 0 Å². The summed E-state index contributed by atoms with van der Waals surface area (Å²) in [5.41, 5.74) is 0.480. The maximum Gasteiger partial charge on any atom is 0.388 e. The molecule has 1 heterocycles. The van der Waals surface area contributed by atoms with Gasteiger partial charge in [0.2, 0.25) is 5.88 Å². The van der Waals surface area contributed by atoms with E-state index in [-0.39, 0.29) is 30.1 Å². The highest BCUT2D eigenvalue weighted by Crippen LogP contribution is 2.52. The van der Waals surface area contributed by atoms with Crippen molar-refractivity contribution in [3.63, 3.8) is 0 Å². The summed E-state index contributed by atoms with van der Waals surface area (Å²) in [7, 11) is 1.70. The monoisotopic (exact) mass is 327 g/mol.